The zero-order valence-electron chi connectivity index (χ0n) is 23.7. The standard InChI is InChI=1S/C29H45NO8/c1-7-10-13-24(31)37-22-16-15-21(17-23(22)38-25(32)14-11-8-2)26(27(30)28(33)34)19(5)20(6)36-29(35)18(4)12-9-3/h15-20,26-27H,7-14,30H2,1-6H3,(H,33,34)/t18?,19?,20?,26?,27-/m0/s1. The number of carbonyl (C=O) groups is 4. The lowest BCUT2D eigenvalue weighted by molar-refractivity contribution is -0.156. The molecule has 1 aromatic carbocycles. The molecule has 1 rings (SSSR count). The van der Waals surface area contributed by atoms with Gasteiger partial charge in [-0.25, -0.2) is 0 Å². The van der Waals surface area contributed by atoms with E-state index in [1.54, 1.807) is 26.8 Å². The number of benzene rings is 1. The van der Waals surface area contributed by atoms with Gasteiger partial charge >= 0.3 is 23.9 Å². The second-order valence-electron chi connectivity index (χ2n) is 9.94. The van der Waals surface area contributed by atoms with E-state index in [0.29, 0.717) is 24.8 Å². The third-order valence-electron chi connectivity index (χ3n) is 6.67. The molecule has 4 unspecified atom stereocenters. The van der Waals surface area contributed by atoms with Crippen LogP contribution in [0.25, 0.3) is 0 Å². The van der Waals surface area contributed by atoms with Crippen LogP contribution in [-0.2, 0) is 23.9 Å². The van der Waals surface area contributed by atoms with Crippen LogP contribution in [0.4, 0.5) is 0 Å². The van der Waals surface area contributed by atoms with Crippen LogP contribution in [0.2, 0.25) is 0 Å². The molecule has 38 heavy (non-hydrogen) atoms. The lowest BCUT2D eigenvalue weighted by Gasteiger charge is -2.32. The summed E-state index contributed by atoms with van der Waals surface area (Å²) < 4.78 is 16.7. The topological polar surface area (TPSA) is 142 Å². The van der Waals surface area contributed by atoms with E-state index in [0.717, 1.165) is 19.3 Å². The normalized spacial score (nSPS) is 15.0. The van der Waals surface area contributed by atoms with E-state index in [4.69, 9.17) is 19.9 Å². The number of nitrogens with two attached hydrogens (primary N) is 1. The third-order valence-corrected chi connectivity index (χ3v) is 6.67. The Hall–Kier alpha value is -2.94. The SMILES string of the molecule is CCCCC(=O)Oc1ccc(C(C(C)C(C)OC(=O)C(C)CCC)[C@H](N)C(=O)O)cc1OC(=O)CCCC. The highest BCUT2D eigenvalue weighted by atomic mass is 16.6. The van der Waals surface area contributed by atoms with Crippen molar-refractivity contribution in [3.63, 3.8) is 0 Å². The van der Waals surface area contributed by atoms with Crippen LogP contribution in [0.5, 0.6) is 11.5 Å². The maximum atomic E-state index is 12.5. The van der Waals surface area contributed by atoms with Crippen LogP contribution in [-0.4, -0.2) is 41.1 Å². The van der Waals surface area contributed by atoms with Gasteiger partial charge in [-0.15, -0.1) is 0 Å². The van der Waals surface area contributed by atoms with Gasteiger partial charge in [0.15, 0.2) is 11.5 Å². The fourth-order valence-electron chi connectivity index (χ4n) is 4.13. The summed E-state index contributed by atoms with van der Waals surface area (Å²) >= 11 is 0. The number of hydrogen-bond acceptors (Lipinski definition) is 8. The molecule has 0 amide bonds. The number of carboxylic acids is 1. The molecule has 5 atom stereocenters. The summed E-state index contributed by atoms with van der Waals surface area (Å²) in [6.45, 7) is 11.2. The van der Waals surface area contributed by atoms with Crippen LogP contribution >= 0.6 is 0 Å². The first kappa shape index (κ1) is 33.1. The zero-order valence-corrected chi connectivity index (χ0v) is 23.7. The molecule has 0 aliphatic heterocycles. The minimum Gasteiger partial charge on any atom is -0.480 e. The largest absolute Gasteiger partial charge is 0.480 e. The predicted octanol–water partition coefficient (Wildman–Crippen LogP) is 5.38. The lowest BCUT2D eigenvalue weighted by atomic mass is 9.79. The highest BCUT2D eigenvalue weighted by molar-refractivity contribution is 5.77. The van der Waals surface area contributed by atoms with Gasteiger partial charge in [-0.3, -0.25) is 19.2 Å². The van der Waals surface area contributed by atoms with Gasteiger partial charge in [-0.05, 0) is 43.9 Å². The third kappa shape index (κ3) is 10.4. The number of unbranched alkanes of at least 4 members (excludes halogenated alkanes) is 2. The van der Waals surface area contributed by atoms with Crippen LogP contribution in [0.1, 0.15) is 104 Å². The van der Waals surface area contributed by atoms with E-state index in [1.165, 1.54) is 12.1 Å². The summed E-state index contributed by atoms with van der Waals surface area (Å²) in [6.07, 6.45) is 4.18. The molecule has 0 spiro atoms. The number of rotatable bonds is 17. The van der Waals surface area contributed by atoms with Crippen molar-refractivity contribution < 1.29 is 38.5 Å². The molecule has 0 aliphatic rings. The molecule has 0 saturated heterocycles. The van der Waals surface area contributed by atoms with Crippen molar-refractivity contribution in [3.8, 4) is 11.5 Å². The van der Waals surface area contributed by atoms with Gasteiger partial charge in [0.05, 0.1) is 5.92 Å². The molecule has 0 aromatic heterocycles. The number of carbonyl (C=O) groups excluding carboxylic acids is 3. The van der Waals surface area contributed by atoms with Crippen LogP contribution in [0.15, 0.2) is 18.2 Å². The molecular weight excluding hydrogens is 490 g/mol. The molecule has 0 aliphatic carbocycles. The Morgan fingerprint density at radius 3 is 1.92 bits per heavy atom. The summed E-state index contributed by atoms with van der Waals surface area (Å²) in [5.41, 5.74) is 6.59. The molecule has 1 aromatic rings. The summed E-state index contributed by atoms with van der Waals surface area (Å²) in [7, 11) is 0. The van der Waals surface area contributed by atoms with Gasteiger partial charge in [0.25, 0.3) is 0 Å². The highest BCUT2D eigenvalue weighted by Crippen LogP contribution is 2.37. The van der Waals surface area contributed by atoms with Crippen molar-refractivity contribution in [1.29, 1.82) is 0 Å². The maximum Gasteiger partial charge on any atom is 0.321 e. The predicted molar refractivity (Wildman–Crippen MR) is 144 cm³/mol. The number of esters is 3. The molecule has 0 heterocycles. The van der Waals surface area contributed by atoms with Gasteiger partial charge in [-0.2, -0.15) is 0 Å². The Labute approximate surface area is 226 Å². The first-order chi connectivity index (χ1) is 18.0. The van der Waals surface area contributed by atoms with Gasteiger partial charge in [0, 0.05) is 24.7 Å². The average molecular weight is 536 g/mol. The number of carboxylic acid groups (broad SMARTS) is 1. The van der Waals surface area contributed by atoms with Crippen molar-refractivity contribution in [1.82, 2.24) is 0 Å². The monoisotopic (exact) mass is 535 g/mol. The fraction of sp³-hybridized carbons (Fsp3) is 0.655. The summed E-state index contributed by atoms with van der Waals surface area (Å²) in [4.78, 5) is 49.2. The van der Waals surface area contributed by atoms with E-state index >= 15 is 0 Å². The Morgan fingerprint density at radius 2 is 1.42 bits per heavy atom. The van der Waals surface area contributed by atoms with E-state index in [-0.39, 0.29) is 36.2 Å². The van der Waals surface area contributed by atoms with Gasteiger partial charge in [-0.1, -0.05) is 59.9 Å². The van der Waals surface area contributed by atoms with E-state index in [2.05, 4.69) is 0 Å². The second-order valence-corrected chi connectivity index (χ2v) is 9.94. The Balaban J connectivity index is 3.39. The Kier molecular flexibility index (Phi) is 14.6. The minimum absolute atomic E-state index is 0.0180. The number of ether oxygens (including phenoxy) is 3. The molecule has 0 fully saturated rings. The summed E-state index contributed by atoms with van der Waals surface area (Å²) in [6, 6.07) is 3.24. The van der Waals surface area contributed by atoms with Crippen molar-refractivity contribution in [2.45, 2.75) is 111 Å². The van der Waals surface area contributed by atoms with Crippen LogP contribution in [0, 0.1) is 11.8 Å². The van der Waals surface area contributed by atoms with E-state index in [1.807, 2.05) is 20.8 Å². The quantitative estimate of drug-likeness (QED) is 0.199. The summed E-state index contributed by atoms with van der Waals surface area (Å²) in [5.74, 6) is -4.02. The number of hydrogen-bond donors (Lipinski definition) is 2. The van der Waals surface area contributed by atoms with E-state index in [9.17, 15) is 24.3 Å². The van der Waals surface area contributed by atoms with Gasteiger partial charge in [0.1, 0.15) is 12.1 Å². The van der Waals surface area contributed by atoms with Crippen molar-refractivity contribution in [2.75, 3.05) is 0 Å². The van der Waals surface area contributed by atoms with Gasteiger partial charge in [0.2, 0.25) is 0 Å². The van der Waals surface area contributed by atoms with Crippen LogP contribution < -0.4 is 15.2 Å². The molecule has 0 radical (unpaired) electrons. The van der Waals surface area contributed by atoms with E-state index < -0.39 is 41.9 Å². The first-order valence-electron chi connectivity index (χ1n) is 13.7. The molecule has 9 nitrogen and oxygen atoms in total. The van der Waals surface area contributed by atoms with Crippen molar-refractivity contribution in [3.05, 3.63) is 23.8 Å². The summed E-state index contributed by atoms with van der Waals surface area (Å²) in [5, 5.41) is 9.76. The van der Waals surface area contributed by atoms with Crippen LogP contribution in [0.3, 0.4) is 0 Å². The fourth-order valence-corrected chi connectivity index (χ4v) is 4.13. The smallest absolute Gasteiger partial charge is 0.321 e. The molecule has 9 heteroatoms. The average Bonchev–Trinajstić information content (AvgIpc) is 2.87. The molecule has 0 bridgehead atoms. The zero-order chi connectivity index (χ0) is 28.8. The molecule has 0 saturated carbocycles. The molecular formula is C29H45NO8. The second kappa shape index (κ2) is 16.8. The number of aliphatic carboxylic acids is 1. The Bertz CT molecular complexity index is 931. The highest BCUT2D eigenvalue weighted by Gasteiger charge is 2.36. The lowest BCUT2D eigenvalue weighted by Crippen LogP contribution is -2.43. The first-order valence-corrected chi connectivity index (χ1v) is 13.7. The Morgan fingerprint density at radius 1 is 0.868 bits per heavy atom. The maximum absolute atomic E-state index is 12.5. The molecule has 3 N–H and O–H groups in total. The minimum atomic E-state index is -1.33. The van der Waals surface area contributed by atoms with Gasteiger partial charge < -0.3 is 25.1 Å². The van der Waals surface area contributed by atoms with Crippen molar-refractivity contribution in [2.24, 2.45) is 17.6 Å². The van der Waals surface area contributed by atoms with Crippen molar-refractivity contribution >= 4 is 23.9 Å². The molecule has 214 valence electrons.